The van der Waals surface area contributed by atoms with Gasteiger partial charge in [0.05, 0.1) is 11.4 Å². The fraction of sp³-hybridized carbons (Fsp3) is 0.733. The molecular weight excluding hydrogens is 302 g/mol. The Morgan fingerprint density at radius 1 is 1.55 bits per heavy atom. The maximum absolute atomic E-state index is 12.5. The molecule has 1 N–H and O–H groups in total. The predicted octanol–water partition coefficient (Wildman–Crippen LogP) is 1.64. The number of hydrogen-bond acceptors (Lipinski definition) is 4. The fourth-order valence-electron chi connectivity index (χ4n) is 2.94. The van der Waals surface area contributed by atoms with Gasteiger partial charge in [0.25, 0.3) is 0 Å². The molecule has 22 heavy (non-hydrogen) atoms. The number of rotatable bonds is 5. The molecule has 2 heterocycles. The highest BCUT2D eigenvalue weighted by Gasteiger charge is 2.34. The number of carbonyl (C=O) groups excluding carboxylic acids is 1. The Balaban J connectivity index is 2.07. The third-order valence-electron chi connectivity index (χ3n) is 4.25. The molecule has 0 unspecified atom stereocenters. The van der Waals surface area contributed by atoms with E-state index >= 15 is 0 Å². The average Bonchev–Trinajstić information content (AvgIpc) is 2.92. The van der Waals surface area contributed by atoms with Gasteiger partial charge in [-0.25, -0.2) is 8.42 Å². The highest BCUT2D eigenvalue weighted by atomic mass is 32.2. The lowest BCUT2D eigenvalue weighted by molar-refractivity contribution is -0.131. The third kappa shape index (κ3) is 3.69. The van der Waals surface area contributed by atoms with Gasteiger partial charge in [-0.1, -0.05) is 6.92 Å². The van der Waals surface area contributed by atoms with E-state index in [4.69, 9.17) is 0 Å². The predicted molar refractivity (Wildman–Crippen MR) is 85.4 cm³/mol. The second-order valence-electron chi connectivity index (χ2n) is 6.11. The second kappa shape index (κ2) is 6.81. The topological polar surface area (TPSA) is 83.1 Å². The average molecular weight is 327 g/mol. The second-order valence-corrected chi connectivity index (χ2v) is 8.55. The Bertz CT molecular complexity index is 624. The van der Waals surface area contributed by atoms with Crippen LogP contribution >= 0.6 is 0 Å². The molecule has 1 aromatic rings. The van der Waals surface area contributed by atoms with Crippen molar-refractivity contribution in [3.8, 4) is 0 Å². The van der Waals surface area contributed by atoms with Crippen molar-refractivity contribution in [2.75, 3.05) is 18.8 Å². The van der Waals surface area contributed by atoms with E-state index in [9.17, 15) is 13.2 Å². The lowest BCUT2D eigenvalue weighted by atomic mass is 9.94. The van der Waals surface area contributed by atoms with E-state index in [2.05, 4.69) is 10.2 Å². The molecule has 2 rings (SSSR count). The summed E-state index contributed by atoms with van der Waals surface area (Å²) in [6.07, 6.45) is 2.39. The lowest BCUT2D eigenvalue weighted by Crippen LogP contribution is -2.46. The highest BCUT2D eigenvalue weighted by Crippen LogP contribution is 2.26. The van der Waals surface area contributed by atoms with Gasteiger partial charge in [0.15, 0.2) is 9.84 Å². The molecule has 0 radical (unpaired) electrons. The molecule has 1 aliphatic heterocycles. The van der Waals surface area contributed by atoms with E-state index in [-0.39, 0.29) is 17.6 Å². The minimum Gasteiger partial charge on any atom is -0.341 e. The van der Waals surface area contributed by atoms with E-state index in [0.717, 1.165) is 24.2 Å². The van der Waals surface area contributed by atoms with Gasteiger partial charge in [0.2, 0.25) is 5.91 Å². The lowest BCUT2D eigenvalue weighted by Gasteiger charge is -2.33. The molecule has 124 valence electrons. The van der Waals surface area contributed by atoms with Crippen molar-refractivity contribution in [2.24, 2.45) is 0 Å². The summed E-state index contributed by atoms with van der Waals surface area (Å²) >= 11 is 0. The van der Waals surface area contributed by atoms with Gasteiger partial charge in [0, 0.05) is 24.7 Å². The summed E-state index contributed by atoms with van der Waals surface area (Å²) in [5.74, 6) is -0.0235. The Kier molecular flexibility index (Phi) is 5.26. The zero-order valence-electron chi connectivity index (χ0n) is 13.5. The van der Waals surface area contributed by atoms with Crippen molar-refractivity contribution in [1.82, 2.24) is 15.1 Å². The first kappa shape index (κ1) is 17.0. The maximum atomic E-state index is 12.5. The van der Waals surface area contributed by atoms with Gasteiger partial charge in [0.1, 0.15) is 5.25 Å². The highest BCUT2D eigenvalue weighted by molar-refractivity contribution is 7.92. The molecule has 0 bridgehead atoms. The largest absolute Gasteiger partial charge is 0.341 e. The first-order valence-corrected chi connectivity index (χ1v) is 9.59. The number of H-pyrrole nitrogens is 1. The minimum atomic E-state index is -3.35. The Hall–Kier alpha value is -1.37. The number of piperidine rings is 1. The fourth-order valence-corrected chi connectivity index (χ4v) is 4.32. The van der Waals surface area contributed by atoms with Crippen LogP contribution in [0.2, 0.25) is 0 Å². The Labute approximate surface area is 132 Å². The minimum absolute atomic E-state index is 0.0652. The van der Waals surface area contributed by atoms with Crippen molar-refractivity contribution in [3.63, 3.8) is 0 Å². The van der Waals surface area contributed by atoms with Crippen molar-refractivity contribution in [2.45, 2.75) is 51.2 Å². The van der Waals surface area contributed by atoms with E-state index in [0.29, 0.717) is 19.5 Å². The maximum Gasteiger partial charge on any atom is 0.240 e. The Morgan fingerprint density at radius 2 is 2.27 bits per heavy atom. The van der Waals surface area contributed by atoms with Crippen molar-refractivity contribution >= 4 is 15.7 Å². The first-order valence-electron chi connectivity index (χ1n) is 7.87. The number of sulfone groups is 1. The molecule has 0 aliphatic carbocycles. The summed E-state index contributed by atoms with van der Waals surface area (Å²) in [5.41, 5.74) is 1.96. The van der Waals surface area contributed by atoms with Crippen LogP contribution in [0.1, 0.15) is 50.4 Å². The number of aromatic amines is 1. The van der Waals surface area contributed by atoms with Gasteiger partial charge in [-0.05, 0) is 39.2 Å². The summed E-state index contributed by atoms with van der Waals surface area (Å²) < 4.78 is 24.2. The van der Waals surface area contributed by atoms with Crippen LogP contribution in [0.15, 0.2) is 6.07 Å². The quantitative estimate of drug-likeness (QED) is 0.891. The molecule has 1 aromatic heterocycles. The van der Waals surface area contributed by atoms with Crippen molar-refractivity contribution in [1.29, 1.82) is 0 Å². The van der Waals surface area contributed by atoms with Crippen LogP contribution in [0.4, 0.5) is 0 Å². The summed E-state index contributed by atoms with van der Waals surface area (Å²) in [6.45, 7) is 6.45. The summed E-state index contributed by atoms with van der Waals surface area (Å²) in [6, 6.07) is 2.00. The molecule has 6 nitrogen and oxygen atoms in total. The normalized spacial score (nSPS) is 20.9. The smallest absolute Gasteiger partial charge is 0.240 e. The van der Waals surface area contributed by atoms with Crippen LogP contribution in [0, 0.1) is 6.92 Å². The van der Waals surface area contributed by atoms with Crippen LogP contribution in [0.3, 0.4) is 0 Å². The molecule has 1 fully saturated rings. The van der Waals surface area contributed by atoms with Gasteiger partial charge in [-0.3, -0.25) is 9.89 Å². The van der Waals surface area contributed by atoms with Crippen molar-refractivity contribution in [3.05, 3.63) is 17.5 Å². The first-order chi connectivity index (χ1) is 10.3. The van der Waals surface area contributed by atoms with E-state index in [1.54, 1.807) is 4.90 Å². The van der Waals surface area contributed by atoms with E-state index in [1.165, 1.54) is 6.92 Å². The van der Waals surface area contributed by atoms with Gasteiger partial charge in [-0.2, -0.15) is 5.10 Å². The van der Waals surface area contributed by atoms with Crippen LogP contribution in [-0.4, -0.2) is 53.5 Å². The molecule has 1 amide bonds. The number of likely N-dealkylation sites (tertiary alicyclic amines) is 1. The molecule has 0 spiro atoms. The molecule has 1 saturated heterocycles. The monoisotopic (exact) mass is 327 g/mol. The van der Waals surface area contributed by atoms with Gasteiger partial charge >= 0.3 is 0 Å². The summed E-state index contributed by atoms with van der Waals surface area (Å²) in [5, 5.41) is 6.25. The van der Waals surface area contributed by atoms with Gasteiger partial charge < -0.3 is 4.90 Å². The molecular formula is C15H25N3O3S. The Morgan fingerprint density at radius 3 is 2.86 bits per heavy atom. The molecule has 2 atom stereocenters. The van der Waals surface area contributed by atoms with E-state index < -0.39 is 15.1 Å². The molecule has 0 aromatic carbocycles. The molecule has 1 aliphatic rings. The van der Waals surface area contributed by atoms with Crippen LogP contribution in [0.25, 0.3) is 0 Å². The number of nitrogens with one attached hydrogen (secondary N) is 1. The third-order valence-corrected chi connectivity index (χ3v) is 6.51. The van der Waals surface area contributed by atoms with Crippen molar-refractivity contribution < 1.29 is 13.2 Å². The van der Waals surface area contributed by atoms with Crippen LogP contribution in [-0.2, 0) is 14.6 Å². The number of carbonyl (C=O) groups is 1. The zero-order chi connectivity index (χ0) is 16.3. The number of aryl methyl sites for hydroxylation is 1. The standard InChI is InChI=1S/C15H25N3O3S/c1-4-8-22(20,21)12(3)15(19)18-7-5-6-13(10-18)14-9-11(2)16-17-14/h9,12-13H,4-8,10H2,1-3H3,(H,16,17)/t12-,13-/m1/s1. The molecule has 7 heteroatoms. The number of aromatic nitrogens is 2. The SMILES string of the molecule is CCCS(=O)(=O)[C@H](C)C(=O)N1CCC[C@@H](c2cc(C)[nH]n2)C1. The van der Waals surface area contributed by atoms with Gasteiger partial charge in [-0.15, -0.1) is 0 Å². The number of hydrogen-bond donors (Lipinski definition) is 1. The molecule has 0 saturated carbocycles. The van der Waals surface area contributed by atoms with Crippen LogP contribution in [0.5, 0.6) is 0 Å². The van der Waals surface area contributed by atoms with Crippen LogP contribution < -0.4 is 0 Å². The van der Waals surface area contributed by atoms with E-state index in [1.807, 2.05) is 19.9 Å². The summed E-state index contributed by atoms with van der Waals surface area (Å²) in [4.78, 5) is 14.2. The number of nitrogens with zero attached hydrogens (tertiary/aromatic N) is 2. The summed E-state index contributed by atoms with van der Waals surface area (Å²) in [7, 11) is -3.35. The number of amides is 1. The zero-order valence-corrected chi connectivity index (χ0v) is 14.3.